The zero-order chi connectivity index (χ0) is 20.6. The molecule has 29 heavy (non-hydrogen) atoms. The van der Waals surface area contributed by atoms with E-state index in [2.05, 4.69) is 12.1 Å². The zero-order valence-electron chi connectivity index (χ0n) is 16.8. The lowest BCUT2D eigenvalue weighted by molar-refractivity contribution is -0.132. The summed E-state index contributed by atoms with van der Waals surface area (Å²) in [6.07, 6.45) is 1.57. The van der Waals surface area contributed by atoms with Crippen molar-refractivity contribution in [2.75, 3.05) is 26.7 Å². The first-order chi connectivity index (χ1) is 14.0. The Bertz CT molecular complexity index is 839. The van der Waals surface area contributed by atoms with Crippen molar-refractivity contribution in [3.8, 4) is 0 Å². The highest BCUT2D eigenvalue weighted by Gasteiger charge is 2.33. The lowest BCUT2D eigenvalue weighted by atomic mass is 10.1. The number of carbonyl (C=O) groups excluding carboxylic acids is 3. The Balaban J connectivity index is 1.57. The molecule has 0 spiro atoms. The van der Waals surface area contributed by atoms with Crippen LogP contribution >= 0.6 is 0 Å². The first-order valence-electron chi connectivity index (χ1n) is 9.95. The largest absolute Gasteiger partial charge is 0.338 e. The number of urea groups is 1. The van der Waals surface area contributed by atoms with E-state index in [0.29, 0.717) is 25.9 Å². The predicted molar refractivity (Wildman–Crippen MR) is 111 cm³/mol. The SMILES string of the molecule is CN1CC(=O)N(CCCC(=O)N(CCc2ccccc2)Cc2ccccc2)C1=O. The molecule has 0 bridgehead atoms. The monoisotopic (exact) mass is 393 g/mol. The van der Waals surface area contributed by atoms with E-state index in [1.54, 1.807) is 7.05 Å². The highest BCUT2D eigenvalue weighted by atomic mass is 16.2. The van der Waals surface area contributed by atoms with E-state index in [-0.39, 0.29) is 30.9 Å². The number of rotatable bonds is 9. The predicted octanol–water partition coefficient (Wildman–Crippen LogP) is 2.93. The van der Waals surface area contributed by atoms with Crippen LogP contribution in [-0.4, -0.2) is 59.2 Å². The summed E-state index contributed by atoms with van der Waals surface area (Å²) in [5, 5.41) is 0. The Morgan fingerprint density at radius 2 is 1.59 bits per heavy atom. The molecule has 152 valence electrons. The summed E-state index contributed by atoms with van der Waals surface area (Å²) in [5.41, 5.74) is 2.27. The first-order valence-corrected chi connectivity index (χ1v) is 9.95. The van der Waals surface area contributed by atoms with E-state index in [1.807, 2.05) is 53.4 Å². The molecular formula is C23H27N3O3. The fourth-order valence-corrected chi connectivity index (χ4v) is 3.44. The fraction of sp³-hybridized carbons (Fsp3) is 0.348. The minimum absolute atomic E-state index is 0.0391. The minimum atomic E-state index is -0.285. The van der Waals surface area contributed by atoms with Gasteiger partial charge >= 0.3 is 6.03 Å². The van der Waals surface area contributed by atoms with Crippen molar-refractivity contribution in [2.24, 2.45) is 0 Å². The van der Waals surface area contributed by atoms with Gasteiger partial charge in [0.1, 0.15) is 6.54 Å². The van der Waals surface area contributed by atoms with Gasteiger partial charge < -0.3 is 9.80 Å². The van der Waals surface area contributed by atoms with Crippen molar-refractivity contribution in [1.82, 2.24) is 14.7 Å². The molecule has 0 aromatic heterocycles. The maximum atomic E-state index is 12.9. The Morgan fingerprint density at radius 1 is 0.966 bits per heavy atom. The molecule has 0 unspecified atom stereocenters. The van der Waals surface area contributed by atoms with E-state index in [9.17, 15) is 14.4 Å². The molecule has 0 aliphatic carbocycles. The topological polar surface area (TPSA) is 60.9 Å². The standard InChI is InChI=1S/C23H27N3O3/c1-24-18-22(28)26(23(24)29)15-8-13-21(27)25(17-20-11-6-3-7-12-20)16-14-19-9-4-2-5-10-19/h2-7,9-12H,8,13-18H2,1H3. The fourth-order valence-electron chi connectivity index (χ4n) is 3.44. The van der Waals surface area contributed by atoms with Gasteiger partial charge in [-0.05, 0) is 24.0 Å². The van der Waals surface area contributed by atoms with E-state index >= 15 is 0 Å². The van der Waals surface area contributed by atoms with Crippen LogP contribution in [0.5, 0.6) is 0 Å². The lowest BCUT2D eigenvalue weighted by Crippen LogP contribution is -2.35. The van der Waals surface area contributed by atoms with Gasteiger partial charge in [0.25, 0.3) is 0 Å². The molecule has 1 saturated heterocycles. The number of likely N-dealkylation sites (N-methyl/N-ethyl adjacent to an activating group) is 1. The van der Waals surface area contributed by atoms with Gasteiger partial charge in [-0.1, -0.05) is 60.7 Å². The number of nitrogens with zero attached hydrogens (tertiary/aromatic N) is 3. The molecule has 0 radical (unpaired) electrons. The Hall–Kier alpha value is -3.15. The molecule has 6 nitrogen and oxygen atoms in total. The van der Waals surface area contributed by atoms with Gasteiger partial charge in [0.2, 0.25) is 11.8 Å². The van der Waals surface area contributed by atoms with Crippen molar-refractivity contribution in [2.45, 2.75) is 25.8 Å². The first kappa shape index (κ1) is 20.6. The molecular weight excluding hydrogens is 366 g/mol. The Kier molecular flexibility index (Phi) is 7.00. The van der Waals surface area contributed by atoms with Crippen molar-refractivity contribution in [3.05, 3.63) is 71.8 Å². The van der Waals surface area contributed by atoms with Crippen LogP contribution in [0, 0.1) is 0 Å². The average molecular weight is 393 g/mol. The summed E-state index contributed by atoms with van der Waals surface area (Å²) in [7, 11) is 1.61. The summed E-state index contributed by atoms with van der Waals surface area (Å²) < 4.78 is 0. The van der Waals surface area contributed by atoms with Crippen molar-refractivity contribution >= 4 is 17.8 Å². The third-order valence-electron chi connectivity index (χ3n) is 5.09. The van der Waals surface area contributed by atoms with E-state index in [1.165, 1.54) is 15.4 Å². The minimum Gasteiger partial charge on any atom is -0.338 e. The number of hydrogen-bond donors (Lipinski definition) is 0. The van der Waals surface area contributed by atoms with Gasteiger partial charge in [-0.3, -0.25) is 14.5 Å². The molecule has 0 saturated carbocycles. The van der Waals surface area contributed by atoms with Gasteiger partial charge in [-0.15, -0.1) is 0 Å². The lowest BCUT2D eigenvalue weighted by Gasteiger charge is -2.23. The van der Waals surface area contributed by atoms with Crippen LogP contribution in [0.15, 0.2) is 60.7 Å². The maximum Gasteiger partial charge on any atom is 0.326 e. The molecule has 6 heteroatoms. The second-order valence-corrected chi connectivity index (χ2v) is 7.32. The number of carbonyl (C=O) groups is 3. The van der Waals surface area contributed by atoms with Crippen LogP contribution in [-0.2, 0) is 22.6 Å². The average Bonchev–Trinajstić information content (AvgIpc) is 2.98. The second kappa shape index (κ2) is 9.87. The smallest absolute Gasteiger partial charge is 0.326 e. The summed E-state index contributed by atoms with van der Waals surface area (Å²) in [4.78, 5) is 41.2. The molecule has 1 aliphatic rings. The Labute approximate surface area is 171 Å². The highest BCUT2D eigenvalue weighted by Crippen LogP contribution is 2.12. The Morgan fingerprint density at radius 3 is 2.17 bits per heavy atom. The van der Waals surface area contributed by atoms with E-state index < -0.39 is 0 Å². The third-order valence-corrected chi connectivity index (χ3v) is 5.09. The van der Waals surface area contributed by atoms with Crippen molar-refractivity contribution in [1.29, 1.82) is 0 Å². The number of hydrogen-bond acceptors (Lipinski definition) is 3. The van der Waals surface area contributed by atoms with Gasteiger partial charge in [0.15, 0.2) is 0 Å². The van der Waals surface area contributed by atoms with Crippen LogP contribution in [0.25, 0.3) is 0 Å². The zero-order valence-corrected chi connectivity index (χ0v) is 16.8. The van der Waals surface area contributed by atoms with Crippen LogP contribution < -0.4 is 0 Å². The van der Waals surface area contributed by atoms with Crippen molar-refractivity contribution < 1.29 is 14.4 Å². The second-order valence-electron chi connectivity index (χ2n) is 7.32. The van der Waals surface area contributed by atoms with Gasteiger partial charge in [-0.2, -0.15) is 0 Å². The summed E-state index contributed by atoms with van der Waals surface area (Å²) >= 11 is 0. The van der Waals surface area contributed by atoms with Crippen molar-refractivity contribution in [3.63, 3.8) is 0 Å². The normalized spacial score (nSPS) is 13.8. The molecule has 3 rings (SSSR count). The summed E-state index contributed by atoms with van der Waals surface area (Å²) in [6, 6.07) is 19.7. The van der Waals surface area contributed by atoms with Gasteiger partial charge in [0, 0.05) is 33.1 Å². The van der Waals surface area contributed by atoms with Crippen LogP contribution in [0.3, 0.4) is 0 Å². The molecule has 1 aliphatic heterocycles. The molecule has 1 heterocycles. The van der Waals surface area contributed by atoms with Crippen LogP contribution in [0.1, 0.15) is 24.0 Å². The molecule has 0 atom stereocenters. The van der Waals surface area contributed by atoms with E-state index in [4.69, 9.17) is 0 Å². The quantitative estimate of drug-likeness (QED) is 0.616. The molecule has 2 aromatic rings. The highest BCUT2D eigenvalue weighted by molar-refractivity contribution is 6.01. The summed E-state index contributed by atoms with van der Waals surface area (Å²) in [5.74, 6) is -0.160. The number of imide groups is 1. The number of benzene rings is 2. The van der Waals surface area contributed by atoms with Gasteiger partial charge in [0.05, 0.1) is 0 Å². The third kappa shape index (κ3) is 5.67. The number of amides is 4. The molecule has 4 amide bonds. The van der Waals surface area contributed by atoms with Gasteiger partial charge in [-0.25, -0.2) is 4.79 Å². The molecule has 2 aromatic carbocycles. The van der Waals surface area contributed by atoms with Crippen LogP contribution in [0.4, 0.5) is 4.79 Å². The van der Waals surface area contributed by atoms with Crippen LogP contribution in [0.2, 0.25) is 0 Å². The van der Waals surface area contributed by atoms with E-state index in [0.717, 1.165) is 12.0 Å². The summed E-state index contributed by atoms with van der Waals surface area (Å²) in [6.45, 7) is 1.58. The molecule has 1 fully saturated rings. The molecule has 0 N–H and O–H groups in total. The maximum absolute atomic E-state index is 12.9.